The first-order valence-electron chi connectivity index (χ1n) is 9.31. The molecule has 2 N–H and O–H groups in total. The standard InChI is InChI=1S/C21H21N5O2/c27-20(16-6-2-10-22-14-16)24-17-8-12-26(13-9-17)21(28)25-18-7-1-4-15-5-3-11-23-19(15)18/h1-7,10-11,14,17H,8-9,12-13H2,(H,24,27)(H,25,28). The molecule has 4 rings (SSSR count). The molecule has 28 heavy (non-hydrogen) atoms. The highest BCUT2D eigenvalue weighted by Crippen LogP contribution is 2.21. The fraction of sp³-hybridized carbons (Fsp3) is 0.238. The summed E-state index contributed by atoms with van der Waals surface area (Å²) in [5.41, 5.74) is 2.03. The predicted octanol–water partition coefficient (Wildman–Crippen LogP) is 3.06. The van der Waals surface area contributed by atoms with E-state index in [0.717, 1.165) is 10.9 Å². The number of fused-ring (bicyclic) bond motifs is 1. The van der Waals surface area contributed by atoms with Crippen LogP contribution in [0.15, 0.2) is 61.1 Å². The van der Waals surface area contributed by atoms with E-state index in [1.807, 2.05) is 30.3 Å². The van der Waals surface area contributed by atoms with Crippen LogP contribution in [0, 0.1) is 0 Å². The highest BCUT2D eigenvalue weighted by atomic mass is 16.2. The maximum atomic E-state index is 12.7. The Kier molecular flexibility index (Phi) is 5.14. The summed E-state index contributed by atoms with van der Waals surface area (Å²) >= 11 is 0. The van der Waals surface area contributed by atoms with E-state index in [0.29, 0.717) is 37.2 Å². The van der Waals surface area contributed by atoms with Crippen molar-refractivity contribution in [3.05, 3.63) is 66.6 Å². The minimum Gasteiger partial charge on any atom is -0.349 e. The molecule has 0 saturated carbocycles. The molecule has 7 heteroatoms. The minimum absolute atomic E-state index is 0.0518. The van der Waals surface area contributed by atoms with E-state index in [9.17, 15) is 9.59 Å². The topological polar surface area (TPSA) is 87.2 Å². The van der Waals surface area contributed by atoms with Crippen molar-refractivity contribution in [1.29, 1.82) is 0 Å². The summed E-state index contributed by atoms with van der Waals surface area (Å²) in [6.45, 7) is 1.17. The molecule has 1 aromatic carbocycles. The summed E-state index contributed by atoms with van der Waals surface area (Å²) in [7, 11) is 0. The van der Waals surface area contributed by atoms with Gasteiger partial charge in [0, 0.05) is 43.1 Å². The van der Waals surface area contributed by atoms with Crippen molar-refractivity contribution >= 4 is 28.5 Å². The molecule has 2 aromatic heterocycles. The van der Waals surface area contributed by atoms with Crippen molar-refractivity contribution in [2.75, 3.05) is 18.4 Å². The quantitative estimate of drug-likeness (QED) is 0.737. The summed E-state index contributed by atoms with van der Waals surface area (Å²) in [5, 5.41) is 6.97. The smallest absolute Gasteiger partial charge is 0.321 e. The Labute approximate surface area is 162 Å². The van der Waals surface area contributed by atoms with Gasteiger partial charge in [0.25, 0.3) is 5.91 Å². The van der Waals surface area contributed by atoms with Gasteiger partial charge in [0.2, 0.25) is 0 Å². The number of para-hydroxylation sites is 1. The van der Waals surface area contributed by atoms with Crippen LogP contribution in [0.1, 0.15) is 23.2 Å². The number of piperidine rings is 1. The Morgan fingerprint density at radius 2 is 1.79 bits per heavy atom. The molecule has 0 radical (unpaired) electrons. The average Bonchev–Trinajstić information content (AvgIpc) is 2.75. The van der Waals surface area contributed by atoms with Gasteiger partial charge in [-0.25, -0.2) is 4.79 Å². The Hall–Kier alpha value is -3.48. The summed E-state index contributed by atoms with van der Waals surface area (Å²) in [6.07, 6.45) is 6.34. The van der Waals surface area contributed by atoms with Crippen molar-refractivity contribution in [3.63, 3.8) is 0 Å². The van der Waals surface area contributed by atoms with Crippen LogP contribution in [0.3, 0.4) is 0 Å². The number of likely N-dealkylation sites (tertiary alicyclic amines) is 1. The molecule has 0 aliphatic carbocycles. The van der Waals surface area contributed by atoms with Crippen LogP contribution in [0.5, 0.6) is 0 Å². The van der Waals surface area contributed by atoms with Crippen LogP contribution >= 0.6 is 0 Å². The third-order valence-corrected chi connectivity index (χ3v) is 4.92. The largest absolute Gasteiger partial charge is 0.349 e. The molecule has 3 heterocycles. The van der Waals surface area contributed by atoms with Gasteiger partial charge in [-0.3, -0.25) is 14.8 Å². The number of anilines is 1. The molecular weight excluding hydrogens is 354 g/mol. The van der Waals surface area contributed by atoms with Crippen molar-refractivity contribution < 1.29 is 9.59 Å². The third kappa shape index (κ3) is 3.93. The zero-order chi connectivity index (χ0) is 19.3. The van der Waals surface area contributed by atoms with Gasteiger partial charge >= 0.3 is 6.03 Å². The van der Waals surface area contributed by atoms with Crippen LogP contribution in [0.2, 0.25) is 0 Å². The monoisotopic (exact) mass is 375 g/mol. The lowest BCUT2D eigenvalue weighted by atomic mass is 10.0. The van der Waals surface area contributed by atoms with Crippen molar-refractivity contribution in [2.45, 2.75) is 18.9 Å². The van der Waals surface area contributed by atoms with Crippen molar-refractivity contribution in [2.24, 2.45) is 0 Å². The zero-order valence-electron chi connectivity index (χ0n) is 15.3. The van der Waals surface area contributed by atoms with E-state index in [2.05, 4.69) is 20.6 Å². The molecule has 0 spiro atoms. The lowest BCUT2D eigenvalue weighted by Crippen LogP contribution is -2.47. The van der Waals surface area contributed by atoms with Gasteiger partial charge in [-0.1, -0.05) is 18.2 Å². The molecule has 7 nitrogen and oxygen atoms in total. The highest BCUT2D eigenvalue weighted by Gasteiger charge is 2.24. The van der Waals surface area contributed by atoms with E-state index < -0.39 is 0 Å². The molecule has 1 saturated heterocycles. The number of nitrogens with one attached hydrogen (secondary N) is 2. The van der Waals surface area contributed by atoms with E-state index >= 15 is 0 Å². The number of aromatic nitrogens is 2. The van der Waals surface area contributed by atoms with Gasteiger partial charge in [0.05, 0.1) is 16.8 Å². The number of hydrogen-bond donors (Lipinski definition) is 2. The van der Waals surface area contributed by atoms with Gasteiger partial charge in [-0.05, 0) is 37.1 Å². The Morgan fingerprint density at radius 3 is 2.57 bits per heavy atom. The first kappa shape index (κ1) is 17.9. The maximum Gasteiger partial charge on any atom is 0.321 e. The first-order chi connectivity index (χ1) is 13.7. The Balaban J connectivity index is 1.33. The second kappa shape index (κ2) is 8.04. The van der Waals surface area contributed by atoms with Crippen LogP contribution in [0.25, 0.3) is 10.9 Å². The molecule has 142 valence electrons. The van der Waals surface area contributed by atoms with Crippen LogP contribution in [-0.4, -0.2) is 45.9 Å². The molecule has 1 fully saturated rings. The second-order valence-electron chi connectivity index (χ2n) is 6.79. The summed E-state index contributed by atoms with van der Waals surface area (Å²) in [4.78, 5) is 35.0. The van der Waals surface area contributed by atoms with E-state index in [-0.39, 0.29) is 18.0 Å². The molecule has 3 aromatic rings. The van der Waals surface area contributed by atoms with Gasteiger partial charge in [0.15, 0.2) is 0 Å². The van der Waals surface area contributed by atoms with Crippen LogP contribution < -0.4 is 10.6 Å². The lowest BCUT2D eigenvalue weighted by molar-refractivity contribution is 0.0919. The van der Waals surface area contributed by atoms with Gasteiger partial charge < -0.3 is 15.5 Å². The normalized spacial score (nSPS) is 14.6. The molecule has 3 amide bonds. The average molecular weight is 375 g/mol. The van der Waals surface area contributed by atoms with E-state index in [1.54, 1.807) is 35.6 Å². The van der Waals surface area contributed by atoms with Gasteiger partial charge in [-0.2, -0.15) is 0 Å². The number of benzene rings is 1. The van der Waals surface area contributed by atoms with E-state index in [1.165, 1.54) is 0 Å². The fourth-order valence-electron chi connectivity index (χ4n) is 3.39. The van der Waals surface area contributed by atoms with Gasteiger partial charge in [0.1, 0.15) is 0 Å². The van der Waals surface area contributed by atoms with Crippen molar-refractivity contribution in [3.8, 4) is 0 Å². The number of nitrogens with zero attached hydrogens (tertiary/aromatic N) is 3. The van der Waals surface area contributed by atoms with Crippen LogP contribution in [-0.2, 0) is 0 Å². The summed E-state index contributed by atoms with van der Waals surface area (Å²) in [5.74, 6) is -0.127. The Morgan fingerprint density at radius 1 is 1.00 bits per heavy atom. The van der Waals surface area contributed by atoms with Crippen molar-refractivity contribution in [1.82, 2.24) is 20.2 Å². The number of carbonyl (C=O) groups is 2. The molecule has 0 unspecified atom stereocenters. The summed E-state index contributed by atoms with van der Waals surface area (Å²) in [6, 6.07) is 13.0. The number of carbonyl (C=O) groups excluding carboxylic acids is 2. The lowest BCUT2D eigenvalue weighted by Gasteiger charge is -2.32. The number of hydrogen-bond acceptors (Lipinski definition) is 4. The molecular formula is C21H21N5O2. The SMILES string of the molecule is O=C(NC1CCN(C(=O)Nc2cccc3cccnc23)CC1)c1cccnc1. The fourth-order valence-corrected chi connectivity index (χ4v) is 3.39. The number of pyridine rings is 2. The number of urea groups is 1. The number of rotatable bonds is 3. The molecule has 1 aliphatic heterocycles. The second-order valence-corrected chi connectivity index (χ2v) is 6.79. The molecule has 1 aliphatic rings. The van der Waals surface area contributed by atoms with Gasteiger partial charge in [-0.15, -0.1) is 0 Å². The third-order valence-electron chi connectivity index (χ3n) is 4.92. The predicted molar refractivity (Wildman–Crippen MR) is 107 cm³/mol. The Bertz CT molecular complexity index is 979. The van der Waals surface area contributed by atoms with Crippen LogP contribution in [0.4, 0.5) is 10.5 Å². The zero-order valence-corrected chi connectivity index (χ0v) is 15.3. The maximum absolute atomic E-state index is 12.7. The molecule has 0 atom stereocenters. The summed E-state index contributed by atoms with van der Waals surface area (Å²) < 4.78 is 0. The highest BCUT2D eigenvalue weighted by molar-refractivity contribution is 5.99. The minimum atomic E-state index is -0.143. The van der Waals surface area contributed by atoms with E-state index in [4.69, 9.17) is 0 Å². The first-order valence-corrected chi connectivity index (χ1v) is 9.31. The molecule has 0 bridgehead atoms. The number of amides is 3.